The van der Waals surface area contributed by atoms with E-state index < -0.39 is 5.97 Å². The lowest BCUT2D eigenvalue weighted by atomic mass is 9.82. The van der Waals surface area contributed by atoms with Crippen LogP contribution >= 0.6 is 0 Å². The molecular weight excluding hydrogens is 532 g/mol. The summed E-state index contributed by atoms with van der Waals surface area (Å²) in [5, 5.41) is 16.2. The number of pyridine rings is 2. The molecule has 3 aromatic heterocycles. The van der Waals surface area contributed by atoms with Gasteiger partial charge < -0.3 is 19.5 Å². The number of anilines is 1. The van der Waals surface area contributed by atoms with Crippen LogP contribution in [0.25, 0.3) is 16.7 Å². The normalized spacial score (nSPS) is 18.7. The zero-order chi connectivity index (χ0) is 28.5. The predicted molar refractivity (Wildman–Crippen MR) is 159 cm³/mol. The van der Waals surface area contributed by atoms with Gasteiger partial charge in [0.2, 0.25) is 5.88 Å². The molecule has 7 rings (SSSR count). The summed E-state index contributed by atoms with van der Waals surface area (Å²) in [6, 6.07) is 16.0. The van der Waals surface area contributed by atoms with E-state index in [4.69, 9.17) is 14.6 Å². The molecule has 5 heterocycles. The van der Waals surface area contributed by atoms with Gasteiger partial charge in [0.25, 0.3) is 0 Å². The summed E-state index contributed by atoms with van der Waals surface area (Å²) < 4.78 is 13.4. The first-order chi connectivity index (χ1) is 20.6. The van der Waals surface area contributed by atoms with Crippen LogP contribution < -0.4 is 9.64 Å². The van der Waals surface area contributed by atoms with Crippen molar-refractivity contribution >= 4 is 22.7 Å². The van der Waals surface area contributed by atoms with Crippen molar-refractivity contribution in [3.05, 3.63) is 71.7 Å². The fraction of sp³-hybridized carbons (Fsp3) is 0.438. The second-order valence-electron chi connectivity index (χ2n) is 11.4. The van der Waals surface area contributed by atoms with Crippen molar-refractivity contribution in [2.45, 2.75) is 50.7 Å². The quantitative estimate of drug-likeness (QED) is 0.325. The molecule has 42 heavy (non-hydrogen) atoms. The standard InChI is InChI=1S/C32H36N6O4/c39-32(40)26-20-27(37-13-10-24(11-14-37)36-15-17-41-18-16-36)29-30(23-7-4-8-23)35-38(31(29)34-26)25-9-12-33-28(19-25)42-21-22-5-2-1-3-6-22/h1-3,5-6,9,12,19-20,23-24H,4,7-8,10-11,13-18,21H2,(H,39,40). The van der Waals surface area contributed by atoms with Crippen LogP contribution in [0.5, 0.6) is 5.88 Å². The van der Waals surface area contributed by atoms with Gasteiger partial charge in [-0.3, -0.25) is 4.90 Å². The zero-order valence-electron chi connectivity index (χ0n) is 23.7. The molecule has 0 bridgehead atoms. The van der Waals surface area contributed by atoms with Crippen molar-refractivity contribution in [2.24, 2.45) is 0 Å². The van der Waals surface area contributed by atoms with Gasteiger partial charge in [0, 0.05) is 50.4 Å². The zero-order valence-corrected chi connectivity index (χ0v) is 23.7. The third-order valence-electron chi connectivity index (χ3n) is 8.91. The molecule has 1 N–H and O–H groups in total. The number of carbonyl (C=O) groups is 1. The number of ether oxygens (including phenoxy) is 2. The van der Waals surface area contributed by atoms with Gasteiger partial charge in [-0.15, -0.1) is 0 Å². The predicted octanol–water partition coefficient (Wildman–Crippen LogP) is 4.66. The molecule has 3 fully saturated rings. The van der Waals surface area contributed by atoms with Gasteiger partial charge in [-0.2, -0.15) is 5.10 Å². The molecule has 0 atom stereocenters. The van der Waals surface area contributed by atoms with Gasteiger partial charge in [-0.1, -0.05) is 36.8 Å². The minimum absolute atomic E-state index is 0.0312. The van der Waals surface area contributed by atoms with E-state index in [0.29, 0.717) is 30.1 Å². The van der Waals surface area contributed by atoms with Crippen LogP contribution in [0.3, 0.4) is 0 Å². The average Bonchev–Trinajstić information content (AvgIpc) is 3.39. The fourth-order valence-corrected chi connectivity index (χ4v) is 6.38. The Labute approximate surface area is 244 Å². The molecule has 2 aliphatic heterocycles. The number of fused-ring (bicyclic) bond motifs is 1. The number of aromatic nitrogens is 4. The van der Waals surface area contributed by atoms with Crippen molar-refractivity contribution in [3.8, 4) is 11.6 Å². The Hall–Kier alpha value is -4.02. The molecule has 0 amide bonds. The highest BCUT2D eigenvalue weighted by atomic mass is 16.5. The molecule has 2 saturated heterocycles. The fourth-order valence-electron chi connectivity index (χ4n) is 6.38. The van der Waals surface area contributed by atoms with Gasteiger partial charge in [0.1, 0.15) is 6.61 Å². The summed E-state index contributed by atoms with van der Waals surface area (Å²) in [4.78, 5) is 26.3. The molecule has 0 unspecified atom stereocenters. The summed E-state index contributed by atoms with van der Waals surface area (Å²) in [5.41, 5.74) is 4.34. The second kappa shape index (κ2) is 11.7. The number of aromatic carboxylic acids is 1. The molecule has 1 aliphatic carbocycles. The van der Waals surface area contributed by atoms with Crippen LogP contribution in [0, 0.1) is 0 Å². The third kappa shape index (κ3) is 5.32. The first-order valence-electron chi connectivity index (χ1n) is 15.0. The smallest absolute Gasteiger partial charge is 0.354 e. The van der Waals surface area contributed by atoms with Crippen LogP contribution in [-0.4, -0.2) is 81.2 Å². The number of carboxylic acid groups (broad SMARTS) is 1. The summed E-state index contributed by atoms with van der Waals surface area (Å²) in [5.74, 6) is -0.225. The van der Waals surface area contributed by atoms with Gasteiger partial charge in [0.15, 0.2) is 11.3 Å². The Morgan fingerprint density at radius 1 is 1.00 bits per heavy atom. The number of piperidine rings is 1. The Kier molecular flexibility index (Phi) is 7.48. The SMILES string of the molecule is O=C(O)c1cc(N2CCC(N3CCOCC3)CC2)c2c(C3CCC3)nn(-c3ccnc(OCc4ccccc4)c3)c2n1. The maximum absolute atomic E-state index is 12.3. The molecule has 218 valence electrons. The minimum atomic E-state index is -1.04. The molecular formula is C32H36N6O4. The van der Waals surface area contributed by atoms with Crippen LogP contribution in [0.4, 0.5) is 5.69 Å². The molecule has 3 aliphatic rings. The highest BCUT2D eigenvalue weighted by Crippen LogP contribution is 2.43. The van der Waals surface area contributed by atoms with E-state index in [1.807, 2.05) is 42.5 Å². The summed E-state index contributed by atoms with van der Waals surface area (Å²) in [7, 11) is 0. The first-order valence-corrected chi connectivity index (χ1v) is 15.0. The number of morpholine rings is 1. The second-order valence-corrected chi connectivity index (χ2v) is 11.4. The van der Waals surface area contributed by atoms with Crippen LogP contribution in [0.1, 0.15) is 59.8 Å². The van der Waals surface area contributed by atoms with Gasteiger partial charge in [-0.05, 0) is 43.4 Å². The maximum atomic E-state index is 12.3. The first kappa shape index (κ1) is 26.9. The van der Waals surface area contributed by atoms with Crippen LogP contribution in [-0.2, 0) is 11.3 Å². The number of carboxylic acids is 1. The van der Waals surface area contributed by atoms with Crippen molar-refractivity contribution in [1.82, 2.24) is 24.6 Å². The van der Waals surface area contributed by atoms with Crippen LogP contribution in [0.2, 0.25) is 0 Å². The Balaban J connectivity index is 1.25. The number of benzene rings is 1. The number of hydrogen-bond donors (Lipinski definition) is 1. The van der Waals surface area contributed by atoms with E-state index in [-0.39, 0.29) is 5.69 Å². The monoisotopic (exact) mass is 568 g/mol. The Morgan fingerprint density at radius 3 is 2.50 bits per heavy atom. The lowest BCUT2D eigenvalue weighted by Gasteiger charge is -2.41. The van der Waals surface area contributed by atoms with Gasteiger partial charge >= 0.3 is 5.97 Å². The van der Waals surface area contributed by atoms with E-state index in [1.54, 1.807) is 16.9 Å². The topological polar surface area (TPSA) is 106 Å². The number of nitrogens with zero attached hydrogens (tertiary/aromatic N) is 6. The Bertz CT molecular complexity index is 1560. The van der Waals surface area contributed by atoms with Crippen molar-refractivity contribution < 1.29 is 19.4 Å². The Morgan fingerprint density at radius 2 is 1.79 bits per heavy atom. The molecule has 0 radical (unpaired) electrons. The third-order valence-corrected chi connectivity index (χ3v) is 8.91. The van der Waals surface area contributed by atoms with Crippen molar-refractivity contribution in [1.29, 1.82) is 0 Å². The van der Waals surface area contributed by atoms with E-state index in [0.717, 1.165) is 93.1 Å². The number of hydrogen-bond acceptors (Lipinski definition) is 8. The lowest BCUT2D eigenvalue weighted by Crippen LogP contribution is -2.49. The average molecular weight is 569 g/mol. The molecule has 0 spiro atoms. The molecule has 1 saturated carbocycles. The molecule has 10 heteroatoms. The van der Waals surface area contributed by atoms with E-state index in [1.165, 1.54) is 6.42 Å². The van der Waals surface area contributed by atoms with E-state index >= 15 is 0 Å². The summed E-state index contributed by atoms with van der Waals surface area (Å²) in [6.07, 6.45) is 7.09. The van der Waals surface area contributed by atoms with Crippen molar-refractivity contribution in [2.75, 3.05) is 44.3 Å². The summed E-state index contributed by atoms with van der Waals surface area (Å²) in [6.45, 7) is 5.68. The largest absolute Gasteiger partial charge is 0.477 e. The maximum Gasteiger partial charge on any atom is 0.354 e. The highest BCUT2D eigenvalue weighted by molar-refractivity contribution is 5.98. The molecule has 1 aromatic carbocycles. The molecule has 4 aromatic rings. The van der Waals surface area contributed by atoms with Crippen molar-refractivity contribution in [3.63, 3.8) is 0 Å². The van der Waals surface area contributed by atoms with Gasteiger partial charge in [0.05, 0.1) is 35.7 Å². The minimum Gasteiger partial charge on any atom is -0.477 e. The molecule has 10 nitrogen and oxygen atoms in total. The lowest BCUT2D eigenvalue weighted by molar-refractivity contribution is 0.0115. The number of rotatable bonds is 8. The highest BCUT2D eigenvalue weighted by Gasteiger charge is 2.32. The van der Waals surface area contributed by atoms with E-state index in [2.05, 4.69) is 19.8 Å². The van der Waals surface area contributed by atoms with Gasteiger partial charge in [-0.25, -0.2) is 19.4 Å². The van der Waals surface area contributed by atoms with Crippen LogP contribution in [0.15, 0.2) is 54.7 Å². The summed E-state index contributed by atoms with van der Waals surface area (Å²) >= 11 is 0. The van der Waals surface area contributed by atoms with E-state index in [9.17, 15) is 9.90 Å².